The third-order valence-corrected chi connectivity index (χ3v) is 6.00. The first-order chi connectivity index (χ1) is 16.5. The van der Waals surface area contributed by atoms with Crippen LogP contribution in [-0.2, 0) is 6.54 Å². The van der Waals surface area contributed by atoms with Crippen molar-refractivity contribution in [1.82, 2.24) is 15.4 Å². The lowest BCUT2D eigenvalue weighted by Gasteiger charge is -2.10. The number of carbonyl (C=O) groups is 2. The number of benzene rings is 3. The molecular formula is C26H24N4O4. The number of anilines is 1. The number of ether oxygens (including phenoxy) is 2. The maximum Gasteiger partial charge on any atom is 0.337 e. The smallest absolute Gasteiger partial charge is 0.337 e. The summed E-state index contributed by atoms with van der Waals surface area (Å²) in [6.45, 7) is 5.04. The van der Waals surface area contributed by atoms with Crippen molar-refractivity contribution in [3.63, 3.8) is 0 Å². The Morgan fingerprint density at radius 1 is 0.912 bits per heavy atom. The largest absolute Gasteiger partial charge is 0.454 e. The Kier molecular flexibility index (Phi) is 5.55. The van der Waals surface area contributed by atoms with Crippen molar-refractivity contribution in [3.05, 3.63) is 89.1 Å². The minimum atomic E-state index is -0.575. The number of amides is 3. The number of hydrazine groups is 1. The summed E-state index contributed by atoms with van der Waals surface area (Å²) in [7, 11) is 0. The van der Waals surface area contributed by atoms with Gasteiger partial charge in [0.05, 0.1) is 0 Å². The summed E-state index contributed by atoms with van der Waals surface area (Å²) >= 11 is 0. The molecule has 4 aromatic rings. The van der Waals surface area contributed by atoms with Crippen molar-refractivity contribution >= 4 is 28.5 Å². The van der Waals surface area contributed by atoms with Gasteiger partial charge in [0.1, 0.15) is 0 Å². The third kappa shape index (κ3) is 4.13. The Balaban J connectivity index is 1.27. The predicted octanol–water partition coefficient (Wildman–Crippen LogP) is 4.50. The van der Waals surface area contributed by atoms with Crippen LogP contribution in [0.2, 0.25) is 0 Å². The standard InChI is InChI=1S/C26H24N4O4/c1-16-17(2)30(14-18-6-4-3-5-7-18)22-10-8-19(12-21(16)22)25(31)28-29-26(32)27-20-9-11-23-24(13-20)34-15-33-23/h3-13H,14-15H2,1-2H3,(H,28,31)(H2,27,29,32). The molecule has 1 aliphatic rings. The number of rotatable bonds is 4. The minimum absolute atomic E-state index is 0.153. The highest BCUT2D eigenvalue weighted by molar-refractivity contribution is 6.00. The van der Waals surface area contributed by atoms with Crippen LogP contribution in [0.25, 0.3) is 10.9 Å². The zero-order chi connectivity index (χ0) is 23.7. The van der Waals surface area contributed by atoms with Gasteiger partial charge in [-0.2, -0.15) is 0 Å². The number of nitrogens with zero attached hydrogens (tertiary/aromatic N) is 1. The SMILES string of the molecule is Cc1c(C)n(Cc2ccccc2)c2ccc(C(=O)NNC(=O)Nc3ccc4c(c3)OCO4)cc12. The van der Waals surface area contributed by atoms with Crippen molar-refractivity contribution in [1.29, 1.82) is 0 Å². The number of hydrogen-bond donors (Lipinski definition) is 3. The molecule has 3 N–H and O–H groups in total. The number of fused-ring (bicyclic) bond motifs is 2. The second-order valence-electron chi connectivity index (χ2n) is 8.12. The normalized spacial score (nSPS) is 11.9. The molecule has 0 spiro atoms. The Morgan fingerprint density at radius 3 is 2.53 bits per heavy atom. The molecule has 0 saturated carbocycles. The number of carbonyl (C=O) groups excluding carboxylic acids is 2. The zero-order valence-corrected chi connectivity index (χ0v) is 18.8. The van der Waals surface area contributed by atoms with Crippen LogP contribution in [0.5, 0.6) is 11.5 Å². The molecule has 0 bridgehead atoms. The molecule has 8 nitrogen and oxygen atoms in total. The summed E-state index contributed by atoms with van der Waals surface area (Å²) in [5.74, 6) is 0.772. The molecule has 0 fully saturated rings. The van der Waals surface area contributed by atoms with E-state index in [9.17, 15) is 9.59 Å². The minimum Gasteiger partial charge on any atom is -0.454 e. The Morgan fingerprint density at radius 2 is 1.71 bits per heavy atom. The molecule has 0 atom stereocenters. The third-order valence-electron chi connectivity index (χ3n) is 6.00. The van der Waals surface area contributed by atoms with Gasteiger partial charge in [0.2, 0.25) is 6.79 Å². The molecule has 0 aliphatic carbocycles. The topological polar surface area (TPSA) is 93.6 Å². The van der Waals surface area contributed by atoms with Gasteiger partial charge in [0, 0.05) is 40.5 Å². The number of hydrogen-bond acceptors (Lipinski definition) is 4. The molecule has 1 aromatic heterocycles. The van der Waals surface area contributed by atoms with E-state index >= 15 is 0 Å². The molecule has 2 heterocycles. The van der Waals surface area contributed by atoms with Gasteiger partial charge in [-0.1, -0.05) is 30.3 Å². The molecule has 3 amide bonds. The lowest BCUT2D eigenvalue weighted by molar-refractivity contribution is 0.0938. The summed E-state index contributed by atoms with van der Waals surface area (Å²) in [4.78, 5) is 24.9. The van der Waals surface area contributed by atoms with E-state index in [0.29, 0.717) is 22.7 Å². The van der Waals surface area contributed by atoms with Crippen molar-refractivity contribution in [2.75, 3.05) is 12.1 Å². The van der Waals surface area contributed by atoms with Gasteiger partial charge >= 0.3 is 6.03 Å². The van der Waals surface area contributed by atoms with E-state index in [1.165, 1.54) is 5.56 Å². The summed E-state index contributed by atoms with van der Waals surface area (Å²) in [6, 6.07) is 20.3. The van der Waals surface area contributed by atoms with Crippen LogP contribution in [0, 0.1) is 13.8 Å². The van der Waals surface area contributed by atoms with Gasteiger partial charge in [-0.25, -0.2) is 10.2 Å². The van der Waals surface area contributed by atoms with Gasteiger partial charge in [0.15, 0.2) is 11.5 Å². The van der Waals surface area contributed by atoms with E-state index in [-0.39, 0.29) is 6.79 Å². The van der Waals surface area contributed by atoms with Crippen molar-refractivity contribution < 1.29 is 19.1 Å². The van der Waals surface area contributed by atoms with E-state index in [1.807, 2.05) is 30.3 Å². The Bertz CT molecular complexity index is 1400. The van der Waals surface area contributed by atoms with Crippen LogP contribution in [0.3, 0.4) is 0 Å². The molecule has 34 heavy (non-hydrogen) atoms. The molecule has 0 radical (unpaired) electrons. The molecule has 0 unspecified atom stereocenters. The fourth-order valence-corrected chi connectivity index (χ4v) is 4.08. The van der Waals surface area contributed by atoms with E-state index < -0.39 is 11.9 Å². The highest BCUT2D eigenvalue weighted by Gasteiger charge is 2.16. The average molecular weight is 457 g/mol. The van der Waals surface area contributed by atoms with Crippen LogP contribution in [-0.4, -0.2) is 23.3 Å². The molecule has 0 saturated heterocycles. The predicted molar refractivity (Wildman–Crippen MR) is 129 cm³/mol. The van der Waals surface area contributed by atoms with Crippen LogP contribution in [0.4, 0.5) is 10.5 Å². The molecule has 1 aliphatic heterocycles. The van der Waals surface area contributed by atoms with Crippen molar-refractivity contribution in [3.8, 4) is 11.5 Å². The highest BCUT2D eigenvalue weighted by Crippen LogP contribution is 2.34. The summed E-state index contributed by atoms with van der Waals surface area (Å²) in [5, 5.41) is 3.65. The maximum absolute atomic E-state index is 12.7. The highest BCUT2D eigenvalue weighted by atomic mass is 16.7. The van der Waals surface area contributed by atoms with Crippen LogP contribution < -0.4 is 25.6 Å². The summed E-state index contributed by atoms with van der Waals surface area (Å²) < 4.78 is 12.8. The average Bonchev–Trinajstić information content (AvgIpc) is 3.41. The lowest BCUT2D eigenvalue weighted by atomic mass is 10.1. The van der Waals surface area contributed by atoms with Gasteiger partial charge in [0.25, 0.3) is 5.91 Å². The lowest BCUT2D eigenvalue weighted by Crippen LogP contribution is -2.43. The molecular weight excluding hydrogens is 432 g/mol. The molecule has 8 heteroatoms. The molecule has 172 valence electrons. The summed E-state index contributed by atoms with van der Waals surface area (Å²) in [6.07, 6.45) is 0. The molecule has 5 rings (SSSR count). The van der Waals surface area contributed by atoms with E-state index in [2.05, 4.69) is 46.7 Å². The number of urea groups is 1. The first kappa shape index (κ1) is 21.4. The fraction of sp³-hybridized carbons (Fsp3) is 0.154. The quantitative estimate of drug-likeness (QED) is 0.394. The van der Waals surface area contributed by atoms with E-state index in [4.69, 9.17) is 9.47 Å². The molecule has 3 aromatic carbocycles. The van der Waals surface area contributed by atoms with Crippen LogP contribution in [0.1, 0.15) is 27.2 Å². The van der Waals surface area contributed by atoms with Crippen LogP contribution >= 0.6 is 0 Å². The Hall–Kier alpha value is -4.46. The van der Waals surface area contributed by atoms with Gasteiger partial charge < -0.3 is 19.4 Å². The van der Waals surface area contributed by atoms with Crippen molar-refractivity contribution in [2.24, 2.45) is 0 Å². The number of aryl methyl sites for hydroxylation is 1. The van der Waals surface area contributed by atoms with E-state index in [0.717, 1.165) is 28.7 Å². The maximum atomic E-state index is 12.7. The summed E-state index contributed by atoms with van der Waals surface area (Å²) in [5.41, 5.74) is 10.3. The zero-order valence-electron chi connectivity index (χ0n) is 18.8. The second-order valence-corrected chi connectivity index (χ2v) is 8.12. The van der Waals surface area contributed by atoms with Gasteiger partial charge in [-0.15, -0.1) is 0 Å². The van der Waals surface area contributed by atoms with Crippen LogP contribution in [0.15, 0.2) is 66.7 Å². The Labute approximate surface area is 196 Å². The van der Waals surface area contributed by atoms with Crippen molar-refractivity contribution in [2.45, 2.75) is 20.4 Å². The number of aromatic nitrogens is 1. The first-order valence-electron chi connectivity index (χ1n) is 10.9. The fourth-order valence-electron chi connectivity index (χ4n) is 4.08. The van der Waals surface area contributed by atoms with E-state index in [1.54, 1.807) is 24.3 Å². The second kappa shape index (κ2) is 8.82. The first-order valence-corrected chi connectivity index (χ1v) is 10.9. The number of nitrogens with one attached hydrogen (secondary N) is 3. The van der Waals surface area contributed by atoms with Gasteiger partial charge in [-0.3, -0.25) is 10.2 Å². The van der Waals surface area contributed by atoms with Gasteiger partial charge in [-0.05, 0) is 55.3 Å². The monoisotopic (exact) mass is 456 g/mol.